The number of hydrogen-bond donors (Lipinski definition) is 2. The van der Waals surface area contributed by atoms with Gasteiger partial charge >= 0.3 is 0 Å². The molecule has 2 aromatic rings. The zero-order valence-corrected chi connectivity index (χ0v) is 13.9. The van der Waals surface area contributed by atoms with E-state index in [1.54, 1.807) is 36.7 Å². The van der Waals surface area contributed by atoms with Crippen molar-refractivity contribution in [1.29, 1.82) is 0 Å². The lowest BCUT2D eigenvalue weighted by molar-refractivity contribution is -0.384. The highest BCUT2D eigenvalue weighted by atomic mass is 16.6. The van der Waals surface area contributed by atoms with Gasteiger partial charge < -0.3 is 15.3 Å². The number of aromatic nitrogens is 1. The van der Waals surface area contributed by atoms with Crippen LogP contribution < -0.4 is 10.2 Å². The molecule has 1 unspecified atom stereocenters. The minimum atomic E-state index is -0.532. The summed E-state index contributed by atoms with van der Waals surface area (Å²) in [6.07, 6.45) is 4.78. The maximum absolute atomic E-state index is 10.7. The van der Waals surface area contributed by atoms with E-state index in [4.69, 9.17) is 0 Å². The second-order valence-corrected chi connectivity index (χ2v) is 6.24. The molecule has 1 aliphatic rings. The fourth-order valence-electron chi connectivity index (χ4n) is 3.11. The van der Waals surface area contributed by atoms with E-state index < -0.39 is 6.10 Å². The lowest BCUT2D eigenvalue weighted by Gasteiger charge is -2.34. The molecule has 0 radical (unpaired) electrons. The van der Waals surface area contributed by atoms with Crippen molar-refractivity contribution in [2.75, 3.05) is 24.5 Å². The van der Waals surface area contributed by atoms with Crippen LogP contribution in [0.25, 0.3) is 0 Å². The molecule has 7 heteroatoms. The summed E-state index contributed by atoms with van der Waals surface area (Å²) in [5, 5.41) is 24.3. The first-order valence-corrected chi connectivity index (χ1v) is 8.44. The molecular formula is C18H22N4O3. The molecule has 0 bridgehead atoms. The molecule has 1 aliphatic heterocycles. The van der Waals surface area contributed by atoms with Gasteiger partial charge in [-0.1, -0.05) is 0 Å². The van der Waals surface area contributed by atoms with Gasteiger partial charge in [-0.2, -0.15) is 0 Å². The van der Waals surface area contributed by atoms with Crippen molar-refractivity contribution in [3.05, 3.63) is 64.5 Å². The summed E-state index contributed by atoms with van der Waals surface area (Å²) in [6.45, 7) is 2.30. The third-order valence-corrected chi connectivity index (χ3v) is 4.61. The molecule has 1 aromatic carbocycles. The van der Waals surface area contributed by atoms with Crippen LogP contribution in [0.2, 0.25) is 0 Å². The summed E-state index contributed by atoms with van der Waals surface area (Å²) < 4.78 is 0. The Kier molecular flexibility index (Phi) is 5.57. The number of hydrogen-bond acceptors (Lipinski definition) is 6. The number of rotatable bonds is 6. The second kappa shape index (κ2) is 8.04. The van der Waals surface area contributed by atoms with Gasteiger partial charge in [-0.3, -0.25) is 15.1 Å². The Morgan fingerprint density at radius 3 is 2.44 bits per heavy atom. The summed E-state index contributed by atoms with van der Waals surface area (Å²) >= 11 is 0. The Morgan fingerprint density at radius 2 is 1.84 bits per heavy atom. The van der Waals surface area contributed by atoms with Gasteiger partial charge in [0.15, 0.2) is 0 Å². The molecule has 1 atom stereocenters. The van der Waals surface area contributed by atoms with Crippen LogP contribution >= 0.6 is 0 Å². The minimum Gasteiger partial charge on any atom is -0.387 e. The number of nitrogens with one attached hydrogen (secondary N) is 1. The normalized spacial score (nSPS) is 16.6. The molecule has 7 nitrogen and oxygen atoms in total. The van der Waals surface area contributed by atoms with Gasteiger partial charge in [-0.15, -0.1) is 0 Å². The second-order valence-electron chi connectivity index (χ2n) is 6.24. The van der Waals surface area contributed by atoms with E-state index in [1.165, 1.54) is 0 Å². The highest BCUT2D eigenvalue weighted by Gasteiger charge is 2.20. The van der Waals surface area contributed by atoms with Crippen LogP contribution in [0.5, 0.6) is 0 Å². The first-order chi connectivity index (χ1) is 12.1. The third-order valence-electron chi connectivity index (χ3n) is 4.61. The van der Waals surface area contributed by atoms with Gasteiger partial charge in [0.05, 0.1) is 11.0 Å². The van der Waals surface area contributed by atoms with E-state index in [9.17, 15) is 15.2 Å². The molecule has 0 spiro atoms. The number of non-ortho nitro benzene ring substituents is 1. The largest absolute Gasteiger partial charge is 0.387 e. The maximum Gasteiger partial charge on any atom is 0.269 e. The van der Waals surface area contributed by atoms with E-state index in [1.807, 2.05) is 12.1 Å². The fourth-order valence-corrected chi connectivity index (χ4v) is 3.11. The number of piperidine rings is 1. The molecule has 0 amide bonds. The van der Waals surface area contributed by atoms with Gasteiger partial charge in [0.1, 0.15) is 0 Å². The average Bonchev–Trinajstić information content (AvgIpc) is 2.67. The molecule has 2 heterocycles. The average molecular weight is 342 g/mol. The van der Waals surface area contributed by atoms with Crippen molar-refractivity contribution in [3.63, 3.8) is 0 Å². The number of aliphatic hydroxyl groups excluding tert-OH is 1. The summed E-state index contributed by atoms with van der Waals surface area (Å²) in [5.74, 6) is 0. The van der Waals surface area contributed by atoms with Crippen LogP contribution in [0.1, 0.15) is 24.5 Å². The zero-order chi connectivity index (χ0) is 17.6. The van der Waals surface area contributed by atoms with E-state index in [2.05, 4.69) is 15.2 Å². The smallest absolute Gasteiger partial charge is 0.269 e. The predicted molar refractivity (Wildman–Crippen MR) is 95.5 cm³/mol. The van der Waals surface area contributed by atoms with Gasteiger partial charge in [-0.25, -0.2) is 0 Å². The number of pyridine rings is 1. The molecule has 0 saturated carbocycles. The van der Waals surface area contributed by atoms with Gasteiger partial charge in [0.2, 0.25) is 0 Å². The standard InChI is InChI=1S/C18H22N4O3/c23-18(14-5-9-19-10-6-14)13-20-15-7-11-21(12-8-15)16-1-3-17(4-2-16)22(24)25/h1-6,9-10,15,18,20,23H,7-8,11-13H2. The van der Waals surface area contributed by atoms with Crippen LogP contribution in [0, 0.1) is 10.1 Å². The number of aliphatic hydroxyl groups is 1. The van der Waals surface area contributed by atoms with Crippen molar-refractivity contribution in [2.45, 2.75) is 25.0 Å². The Bertz CT molecular complexity index is 685. The first kappa shape index (κ1) is 17.3. The molecule has 25 heavy (non-hydrogen) atoms. The van der Waals surface area contributed by atoms with Crippen LogP contribution in [0.3, 0.4) is 0 Å². The van der Waals surface area contributed by atoms with Crippen LogP contribution in [-0.2, 0) is 0 Å². The molecule has 1 aromatic heterocycles. The van der Waals surface area contributed by atoms with E-state index in [0.29, 0.717) is 12.6 Å². The number of nitrogens with zero attached hydrogens (tertiary/aromatic N) is 3. The first-order valence-electron chi connectivity index (χ1n) is 8.44. The van der Waals surface area contributed by atoms with E-state index in [-0.39, 0.29) is 10.6 Å². The SMILES string of the molecule is O=[N+]([O-])c1ccc(N2CCC(NCC(O)c3ccncc3)CC2)cc1. The van der Waals surface area contributed by atoms with Crippen molar-refractivity contribution in [1.82, 2.24) is 10.3 Å². The summed E-state index contributed by atoms with van der Waals surface area (Å²) in [7, 11) is 0. The van der Waals surface area contributed by atoms with Crippen molar-refractivity contribution >= 4 is 11.4 Å². The molecule has 1 fully saturated rings. The van der Waals surface area contributed by atoms with E-state index >= 15 is 0 Å². The molecular weight excluding hydrogens is 320 g/mol. The highest BCUT2D eigenvalue weighted by Crippen LogP contribution is 2.23. The Labute approximate surface area is 146 Å². The number of nitro groups is 1. The Hall–Kier alpha value is -2.51. The maximum atomic E-state index is 10.7. The monoisotopic (exact) mass is 342 g/mol. The van der Waals surface area contributed by atoms with E-state index in [0.717, 1.165) is 37.2 Å². The zero-order valence-electron chi connectivity index (χ0n) is 13.9. The van der Waals surface area contributed by atoms with Gasteiger partial charge in [0, 0.05) is 55.9 Å². The van der Waals surface area contributed by atoms with Crippen molar-refractivity contribution in [3.8, 4) is 0 Å². The van der Waals surface area contributed by atoms with Crippen molar-refractivity contribution < 1.29 is 10.0 Å². The summed E-state index contributed by atoms with van der Waals surface area (Å²) in [5.41, 5.74) is 2.00. The highest BCUT2D eigenvalue weighted by molar-refractivity contribution is 5.51. The lowest BCUT2D eigenvalue weighted by Crippen LogP contribution is -2.43. The van der Waals surface area contributed by atoms with Gasteiger partial charge in [0.25, 0.3) is 5.69 Å². The Morgan fingerprint density at radius 1 is 1.20 bits per heavy atom. The van der Waals surface area contributed by atoms with Crippen LogP contribution in [-0.4, -0.2) is 40.7 Å². The topological polar surface area (TPSA) is 91.5 Å². The molecule has 1 saturated heterocycles. The number of nitro benzene ring substituents is 1. The van der Waals surface area contributed by atoms with Crippen molar-refractivity contribution in [2.24, 2.45) is 0 Å². The summed E-state index contributed by atoms with van der Waals surface area (Å²) in [4.78, 5) is 16.5. The third kappa shape index (κ3) is 4.52. The number of benzene rings is 1. The van der Waals surface area contributed by atoms with Gasteiger partial charge in [-0.05, 0) is 42.7 Å². The fraction of sp³-hybridized carbons (Fsp3) is 0.389. The molecule has 0 aliphatic carbocycles. The molecule has 2 N–H and O–H groups in total. The molecule has 132 valence electrons. The lowest BCUT2D eigenvalue weighted by atomic mass is 10.0. The minimum absolute atomic E-state index is 0.116. The predicted octanol–water partition coefficient (Wildman–Crippen LogP) is 2.28. The van der Waals surface area contributed by atoms with Crippen LogP contribution in [0.15, 0.2) is 48.8 Å². The Balaban J connectivity index is 1.46. The quantitative estimate of drug-likeness (QED) is 0.618. The van der Waals surface area contributed by atoms with Crippen LogP contribution in [0.4, 0.5) is 11.4 Å². The molecule has 3 rings (SSSR count). The summed E-state index contributed by atoms with van der Waals surface area (Å²) in [6, 6.07) is 10.7. The number of anilines is 1.